The second-order valence-electron chi connectivity index (χ2n) is 5.22. The highest BCUT2D eigenvalue weighted by Gasteiger charge is 2.45. The van der Waals surface area contributed by atoms with Crippen LogP contribution in [0, 0.1) is 11.3 Å². The van der Waals surface area contributed by atoms with Gasteiger partial charge in [0.1, 0.15) is 0 Å². The van der Waals surface area contributed by atoms with Gasteiger partial charge in [0.2, 0.25) is 0 Å². The van der Waals surface area contributed by atoms with Crippen LogP contribution in [0.3, 0.4) is 0 Å². The van der Waals surface area contributed by atoms with E-state index in [0.717, 1.165) is 12.8 Å². The average molecular weight is 198 g/mol. The van der Waals surface area contributed by atoms with Gasteiger partial charge < -0.3 is 10.2 Å². The van der Waals surface area contributed by atoms with Crippen LogP contribution in [0.25, 0.3) is 0 Å². The molecule has 0 aromatic rings. The molecule has 2 nitrogen and oxygen atoms in total. The molecule has 2 aliphatic rings. The third-order valence-electron chi connectivity index (χ3n) is 4.39. The highest BCUT2D eigenvalue weighted by atomic mass is 16.3. The van der Waals surface area contributed by atoms with Crippen LogP contribution < -0.4 is 0 Å². The van der Waals surface area contributed by atoms with Crippen molar-refractivity contribution in [2.75, 3.05) is 6.61 Å². The minimum Gasteiger partial charge on any atom is -0.396 e. The lowest BCUT2D eigenvalue weighted by atomic mass is 9.61. The molecule has 0 spiro atoms. The Morgan fingerprint density at radius 3 is 2.14 bits per heavy atom. The van der Waals surface area contributed by atoms with Crippen molar-refractivity contribution >= 4 is 0 Å². The Bertz CT molecular complexity index is 175. The molecule has 0 aliphatic heterocycles. The Balaban J connectivity index is 1.94. The van der Waals surface area contributed by atoms with Crippen molar-refractivity contribution in [3.05, 3.63) is 0 Å². The Hall–Kier alpha value is -0.0800. The van der Waals surface area contributed by atoms with Crippen LogP contribution >= 0.6 is 0 Å². The van der Waals surface area contributed by atoms with Gasteiger partial charge in [-0.1, -0.05) is 25.7 Å². The monoisotopic (exact) mass is 198 g/mol. The van der Waals surface area contributed by atoms with Crippen LogP contribution in [0.5, 0.6) is 0 Å². The molecule has 0 bridgehead atoms. The van der Waals surface area contributed by atoms with E-state index >= 15 is 0 Å². The lowest BCUT2D eigenvalue weighted by Crippen LogP contribution is -2.48. The molecular formula is C12H22O2. The molecule has 14 heavy (non-hydrogen) atoms. The smallest absolute Gasteiger partial charge is 0.0646 e. The second kappa shape index (κ2) is 4.19. The van der Waals surface area contributed by atoms with E-state index in [1.807, 2.05) is 0 Å². The number of rotatable bonds is 3. The van der Waals surface area contributed by atoms with Crippen LogP contribution in [0.2, 0.25) is 0 Å². The molecule has 2 aliphatic carbocycles. The van der Waals surface area contributed by atoms with Gasteiger partial charge >= 0.3 is 0 Å². The first-order chi connectivity index (χ1) is 6.78. The summed E-state index contributed by atoms with van der Waals surface area (Å²) < 4.78 is 0. The summed E-state index contributed by atoms with van der Waals surface area (Å²) in [4.78, 5) is 0. The van der Waals surface area contributed by atoms with E-state index in [-0.39, 0.29) is 18.1 Å². The van der Waals surface area contributed by atoms with Gasteiger partial charge in [-0.25, -0.2) is 0 Å². The largest absolute Gasteiger partial charge is 0.396 e. The van der Waals surface area contributed by atoms with E-state index in [2.05, 4.69) is 0 Å². The summed E-state index contributed by atoms with van der Waals surface area (Å²) in [6, 6.07) is 0. The van der Waals surface area contributed by atoms with Crippen molar-refractivity contribution in [3.8, 4) is 0 Å². The maximum atomic E-state index is 10.3. The van der Waals surface area contributed by atoms with E-state index < -0.39 is 0 Å². The van der Waals surface area contributed by atoms with Crippen molar-refractivity contribution in [2.45, 2.75) is 57.5 Å². The van der Waals surface area contributed by atoms with Crippen molar-refractivity contribution in [2.24, 2.45) is 11.3 Å². The van der Waals surface area contributed by atoms with Crippen LogP contribution in [-0.4, -0.2) is 22.9 Å². The molecule has 1 atom stereocenters. The molecule has 2 heteroatoms. The fraction of sp³-hybridized carbons (Fsp3) is 1.00. The summed E-state index contributed by atoms with van der Waals surface area (Å²) in [5.74, 6) is 0.469. The molecule has 0 radical (unpaired) electrons. The zero-order chi connectivity index (χ0) is 10.0. The van der Waals surface area contributed by atoms with Crippen molar-refractivity contribution < 1.29 is 10.2 Å². The molecule has 82 valence electrons. The van der Waals surface area contributed by atoms with Gasteiger partial charge in [-0.05, 0) is 31.6 Å². The van der Waals surface area contributed by atoms with E-state index in [1.54, 1.807) is 0 Å². The van der Waals surface area contributed by atoms with E-state index in [1.165, 1.54) is 38.5 Å². The summed E-state index contributed by atoms with van der Waals surface area (Å²) >= 11 is 0. The zero-order valence-corrected chi connectivity index (χ0v) is 8.91. The predicted molar refractivity (Wildman–Crippen MR) is 56.0 cm³/mol. The third kappa shape index (κ3) is 1.70. The van der Waals surface area contributed by atoms with Gasteiger partial charge in [-0.15, -0.1) is 0 Å². The molecule has 2 fully saturated rings. The Labute approximate surface area is 86.3 Å². The van der Waals surface area contributed by atoms with Gasteiger partial charge in [0.05, 0.1) is 12.7 Å². The zero-order valence-electron chi connectivity index (χ0n) is 8.91. The summed E-state index contributed by atoms with van der Waals surface area (Å²) in [5, 5.41) is 19.7. The van der Waals surface area contributed by atoms with Gasteiger partial charge in [-0.3, -0.25) is 0 Å². The first-order valence-electron chi connectivity index (χ1n) is 6.07. The summed E-state index contributed by atoms with van der Waals surface area (Å²) in [7, 11) is 0. The highest BCUT2D eigenvalue weighted by molar-refractivity contribution is 4.96. The van der Waals surface area contributed by atoms with Crippen LogP contribution in [0.4, 0.5) is 0 Å². The number of hydrogen-bond acceptors (Lipinski definition) is 2. The van der Waals surface area contributed by atoms with Crippen molar-refractivity contribution in [1.29, 1.82) is 0 Å². The molecule has 0 heterocycles. The molecule has 2 saturated carbocycles. The van der Waals surface area contributed by atoms with Gasteiger partial charge in [0.25, 0.3) is 0 Å². The Kier molecular flexibility index (Phi) is 3.13. The average Bonchev–Trinajstić information content (AvgIpc) is 2.18. The molecular weight excluding hydrogens is 176 g/mol. The molecule has 1 unspecified atom stereocenters. The molecule has 2 rings (SSSR count). The molecule has 0 aromatic heterocycles. The van der Waals surface area contributed by atoms with Crippen LogP contribution in [0.15, 0.2) is 0 Å². The Morgan fingerprint density at radius 2 is 1.71 bits per heavy atom. The summed E-state index contributed by atoms with van der Waals surface area (Å²) in [6.45, 7) is 0.185. The molecule has 0 aromatic carbocycles. The Morgan fingerprint density at radius 1 is 1.07 bits per heavy atom. The second-order valence-corrected chi connectivity index (χ2v) is 5.22. The predicted octanol–water partition coefficient (Wildman–Crippen LogP) is 2.09. The van der Waals surface area contributed by atoms with Crippen molar-refractivity contribution in [1.82, 2.24) is 0 Å². The van der Waals surface area contributed by atoms with Crippen LogP contribution in [-0.2, 0) is 0 Å². The topological polar surface area (TPSA) is 40.5 Å². The quantitative estimate of drug-likeness (QED) is 0.729. The lowest BCUT2D eigenvalue weighted by Gasteiger charge is -2.47. The fourth-order valence-electron chi connectivity index (χ4n) is 3.13. The van der Waals surface area contributed by atoms with E-state index in [9.17, 15) is 10.2 Å². The van der Waals surface area contributed by atoms with Gasteiger partial charge in [0, 0.05) is 5.41 Å². The number of aliphatic hydroxyl groups is 2. The normalized spacial score (nSPS) is 29.6. The van der Waals surface area contributed by atoms with Crippen molar-refractivity contribution in [3.63, 3.8) is 0 Å². The first kappa shape index (κ1) is 10.4. The highest BCUT2D eigenvalue weighted by Crippen LogP contribution is 2.47. The summed E-state index contributed by atoms with van der Waals surface area (Å²) in [5.41, 5.74) is -0.109. The minimum atomic E-state index is -0.235. The molecule has 0 saturated heterocycles. The molecule has 0 amide bonds. The van der Waals surface area contributed by atoms with Gasteiger partial charge in [-0.2, -0.15) is 0 Å². The van der Waals surface area contributed by atoms with Crippen LogP contribution in [0.1, 0.15) is 51.4 Å². The lowest BCUT2D eigenvalue weighted by molar-refractivity contribution is -0.104. The van der Waals surface area contributed by atoms with E-state index in [4.69, 9.17) is 0 Å². The fourth-order valence-corrected chi connectivity index (χ4v) is 3.13. The number of aliphatic hydroxyl groups excluding tert-OH is 2. The maximum Gasteiger partial charge on any atom is 0.0646 e. The SMILES string of the molecule is OCC1(C(O)C2CCCCC2)CCC1. The van der Waals surface area contributed by atoms with E-state index in [0.29, 0.717) is 5.92 Å². The maximum absolute atomic E-state index is 10.3. The molecule has 2 N–H and O–H groups in total. The first-order valence-corrected chi connectivity index (χ1v) is 6.07. The summed E-state index contributed by atoms with van der Waals surface area (Å²) in [6.07, 6.45) is 9.21. The third-order valence-corrected chi connectivity index (χ3v) is 4.39. The standard InChI is InChI=1S/C12H22O2/c13-9-12(7-4-8-12)11(14)10-5-2-1-3-6-10/h10-11,13-14H,1-9H2. The van der Waals surface area contributed by atoms with Gasteiger partial charge in [0.15, 0.2) is 0 Å². The minimum absolute atomic E-state index is 0.109. The number of hydrogen-bond donors (Lipinski definition) is 2.